The van der Waals surface area contributed by atoms with Gasteiger partial charge in [-0.2, -0.15) is 26.3 Å². The summed E-state index contributed by atoms with van der Waals surface area (Å²) in [4.78, 5) is 28.6. The van der Waals surface area contributed by atoms with Crippen LogP contribution in [-0.4, -0.2) is 40.4 Å². The van der Waals surface area contributed by atoms with Crippen molar-refractivity contribution in [3.63, 3.8) is 0 Å². The van der Waals surface area contributed by atoms with Crippen molar-refractivity contribution in [3.05, 3.63) is 34.9 Å². The van der Waals surface area contributed by atoms with E-state index in [9.17, 15) is 31.1 Å². The standard InChI is InChI=1S/C10H11NO.2C2HF3O2/c11-10(12)9-5-4-7-2-1-3-8(7)6-9;2*3-2(4,5)1(6)7/h4-6H,1-3H2,(H2,11,12);2*(H,6,7). The topological polar surface area (TPSA) is 118 Å². The SMILES string of the molecule is NC(=O)c1ccc2c(c1)CCC2.O=C(O)C(F)(F)F.O=C(O)C(F)(F)F. The summed E-state index contributed by atoms with van der Waals surface area (Å²) in [6.45, 7) is 0. The fourth-order valence-electron chi connectivity index (χ4n) is 1.73. The number of benzene rings is 1. The van der Waals surface area contributed by atoms with E-state index in [0.717, 1.165) is 12.8 Å². The van der Waals surface area contributed by atoms with Crippen LogP contribution >= 0.6 is 0 Å². The summed E-state index contributed by atoms with van der Waals surface area (Å²) in [6, 6.07) is 5.75. The number of hydrogen-bond donors (Lipinski definition) is 3. The number of carbonyl (C=O) groups is 3. The zero-order chi connectivity index (χ0) is 20.7. The maximum absolute atomic E-state index is 10.8. The van der Waals surface area contributed by atoms with Gasteiger partial charge in [0.1, 0.15) is 0 Å². The van der Waals surface area contributed by atoms with E-state index in [1.54, 1.807) is 0 Å². The van der Waals surface area contributed by atoms with E-state index in [0.29, 0.717) is 5.56 Å². The summed E-state index contributed by atoms with van der Waals surface area (Å²) in [5, 5.41) is 14.2. The normalized spacial score (nSPS) is 12.7. The molecule has 0 heterocycles. The predicted octanol–water partition coefficient (Wildman–Crippen LogP) is 2.54. The third kappa shape index (κ3) is 8.35. The van der Waals surface area contributed by atoms with Crippen molar-refractivity contribution in [1.29, 1.82) is 0 Å². The third-order valence-electron chi connectivity index (χ3n) is 2.87. The highest BCUT2D eigenvalue weighted by atomic mass is 19.4. The molecule has 0 fully saturated rings. The molecule has 4 N–H and O–H groups in total. The number of nitrogens with two attached hydrogens (primary N) is 1. The third-order valence-corrected chi connectivity index (χ3v) is 2.87. The first-order valence-electron chi connectivity index (χ1n) is 6.68. The Morgan fingerprint density at radius 3 is 1.58 bits per heavy atom. The highest BCUT2D eigenvalue weighted by Crippen LogP contribution is 2.22. The average molecular weight is 389 g/mol. The quantitative estimate of drug-likeness (QED) is 0.638. The number of fused-ring (bicyclic) bond motifs is 1. The lowest BCUT2D eigenvalue weighted by Crippen LogP contribution is -2.21. The van der Waals surface area contributed by atoms with Crippen molar-refractivity contribution in [3.8, 4) is 0 Å². The molecule has 6 nitrogen and oxygen atoms in total. The molecule has 0 aliphatic heterocycles. The van der Waals surface area contributed by atoms with Gasteiger partial charge in [-0.3, -0.25) is 4.79 Å². The molecule has 1 aromatic carbocycles. The monoisotopic (exact) mass is 389 g/mol. The minimum absolute atomic E-state index is 0.329. The van der Waals surface area contributed by atoms with Gasteiger partial charge in [-0.15, -0.1) is 0 Å². The summed E-state index contributed by atoms with van der Waals surface area (Å²) >= 11 is 0. The van der Waals surface area contributed by atoms with Crippen LogP contribution in [-0.2, 0) is 22.4 Å². The van der Waals surface area contributed by atoms with E-state index in [1.807, 2.05) is 18.2 Å². The van der Waals surface area contributed by atoms with Crippen LogP contribution in [0.25, 0.3) is 0 Å². The zero-order valence-electron chi connectivity index (χ0n) is 12.8. The Balaban J connectivity index is 0.000000390. The molecular weight excluding hydrogens is 376 g/mol. The van der Waals surface area contributed by atoms with Crippen molar-refractivity contribution in [2.75, 3.05) is 0 Å². The highest BCUT2D eigenvalue weighted by molar-refractivity contribution is 5.93. The maximum atomic E-state index is 10.8. The number of rotatable bonds is 1. The van der Waals surface area contributed by atoms with Crippen LogP contribution in [0.1, 0.15) is 27.9 Å². The molecule has 1 amide bonds. The van der Waals surface area contributed by atoms with Gasteiger partial charge in [-0.1, -0.05) is 6.07 Å². The minimum atomic E-state index is -5.08. The van der Waals surface area contributed by atoms with E-state index in [-0.39, 0.29) is 5.91 Å². The molecule has 0 aromatic heterocycles. The van der Waals surface area contributed by atoms with Gasteiger partial charge in [0, 0.05) is 5.56 Å². The molecule has 26 heavy (non-hydrogen) atoms. The summed E-state index contributed by atoms with van der Waals surface area (Å²) < 4.78 is 63.5. The van der Waals surface area contributed by atoms with Crippen molar-refractivity contribution in [2.45, 2.75) is 31.6 Å². The number of hydrogen-bond acceptors (Lipinski definition) is 3. The minimum Gasteiger partial charge on any atom is -0.475 e. The fraction of sp³-hybridized carbons (Fsp3) is 0.357. The Morgan fingerprint density at radius 1 is 0.846 bits per heavy atom. The van der Waals surface area contributed by atoms with Crippen LogP contribution in [0.3, 0.4) is 0 Å². The molecule has 1 aliphatic carbocycles. The van der Waals surface area contributed by atoms with E-state index in [1.165, 1.54) is 17.5 Å². The summed E-state index contributed by atoms with van der Waals surface area (Å²) in [5.41, 5.74) is 8.48. The molecule has 1 aromatic rings. The Labute approximate surface area is 142 Å². The number of carboxylic acids is 2. The van der Waals surface area contributed by atoms with Crippen molar-refractivity contribution in [2.24, 2.45) is 5.73 Å². The van der Waals surface area contributed by atoms with Crippen molar-refractivity contribution in [1.82, 2.24) is 0 Å². The molecule has 0 saturated carbocycles. The fourth-order valence-corrected chi connectivity index (χ4v) is 1.73. The lowest BCUT2D eigenvalue weighted by molar-refractivity contribution is -0.193. The molecule has 0 bridgehead atoms. The number of carboxylic acid groups (broad SMARTS) is 2. The molecule has 0 atom stereocenters. The summed E-state index contributed by atoms with van der Waals surface area (Å²) in [6.07, 6.45) is -6.72. The number of alkyl halides is 6. The van der Waals surface area contributed by atoms with Gasteiger partial charge in [-0.25, -0.2) is 9.59 Å². The lowest BCUT2D eigenvalue weighted by atomic mass is 10.1. The largest absolute Gasteiger partial charge is 0.490 e. The second-order valence-corrected chi connectivity index (χ2v) is 4.81. The van der Waals surface area contributed by atoms with Crippen molar-refractivity contribution >= 4 is 17.8 Å². The molecule has 0 saturated heterocycles. The van der Waals surface area contributed by atoms with Gasteiger partial charge in [0.25, 0.3) is 0 Å². The first-order valence-corrected chi connectivity index (χ1v) is 6.68. The van der Waals surface area contributed by atoms with Crippen LogP contribution in [0, 0.1) is 0 Å². The highest BCUT2D eigenvalue weighted by Gasteiger charge is 2.38. The first kappa shape index (κ1) is 23.2. The van der Waals surface area contributed by atoms with E-state index in [4.69, 9.17) is 25.5 Å². The van der Waals surface area contributed by atoms with E-state index < -0.39 is 24.3 Å². The molecule has 1 aliphatic rings. The summed E-state index contributed by atoms with van der Waals surface area (Å²) in [7, 11) is 0. The second kappa shape index (κ2) is 9.06. The molecule has 146 valence electrons. The Hall–Kier alpha value is -2.79. The van der Waals surface area contributed by atoms with Gasteiger partial charge in [0.15, 0.2) is 0 Å². The summed E-state index contributed by atoms with van der Waals surface area (Å²) in [5.74, 6) is -5.84. The number of primary amides is 1. The Bertz CT molecular complexity index is 645. The number of aliphatic carboxylic acids is 2. The first-order chi connectivity index (χ1) is 11.7. The lowest BCUT2D eigenvalue weighted by Gasteiger charge is -2.00. The van der Waals surface area contributed by atoms with Gasteiger partial charge in [-0.05, 0) is 42.5 Å². The zero-order valence-corrected chi connectivity index (χ0v) is 12.8. The molecule has 0 spiro atoms. The second-order valence-electron chi connectivity index (χ2n) is 4.81. The van der Waals surface area contributed by atoms with Gasteiger partial charge >= 0.3 is 24.3 Å². The number of carbonyl (C=O) groups excluding carboxylic acids is 1. The van der Waals surface area contributed by atoms with Crippen LogP contribution in [0.5, 0.6) is 0 Å². The molecule has 12 heteroatoms. The number of aryl methyl sites for hydroxylation is 2. The molecule has 0 radical (unpaired) electrons. The molecule has 2 rings (SSSR count). The van der Waals surface area contributed by atoms with Crippen LogP contribution < -0.4 is 5.73 Å². The smallest absolute Gasteiger partial charge is 0.475 e. The predicted molar refractivity (Wildman–Crippen MR) is 74.4 cm³/mol. The Kier molecular flexibility index (Phi) is 8.09. The Morgan fingerprint density at radius 2 is 1.23 bits per heavy atom. The van der Waals surface area contributed by atoms with Gasteiger partial charge < -0.3 is 15.9 Å². The van der Waals surface area contributed by atoms with Gasteiger partial charge in [0.05, 0.1) is 0 Å². The maximum Gasteiger partial charge on any atom is 0.490 e. The van der Waals surface area contributed by atoms with Crippen molar-refractivity contribution < 1.29 is 50.9 Å². The van der Waals surface area contributed by atoms with Gasteiger partial charge in [0.2, 0.25) is 5.91 Å². The molecule has 0 unspecified atom stereocenters. The average Bonchev–Trinajstić information content (AvgIpc) is 2.93. The van der Waals surface area contributed by atoms with Crippen LogP contribution in [0.2, 0.25) is 0 Å². The van der Waals surface area contributed by atoms with E-state index in [2.05, 4.69) is 0 Å². The number of halogens is 6. The van der Waals surface area contributed by atoms with E-state index >= 15 is 0 Å². The van der Waals surface area contributed by atoms with Crippen LogP contribution in [0.15, 0.2) is 18.2 Å². The van der Waals surface area contributed by atoms with Crippen LogP contribution in [0.4, 0.5) is 26.3 Å². The number of amides is 1. The molecular formula is C14H13F6NO5.